The van der Waals surface area contributed by atoms with E-state index in [-0.39, 0.29) is 22.3 Å². The summed E-state index contributed by atoms with van der Waals surface area (Å²) >= 11 is 4.44. The minimum absolute atomic E-state index is 0.118. The first-order valence-electron chi connectivity index (χ1n) is 6.50. The van der Waals surface area contributed by atoms with Crippen LogP contribution >= 0.6 is 24.0 Å². The van der Waals surface area contributed by atoms with Gasteiger partial charge in [0.05, 0.1) is 5.69 Å². The van der Waals surface area contributed by atoms with Gasteiger partial charge in [-0.25, -0.2) is 4.98 Å². The van der Waals surface area contributed by atoms with Gasteiger partial charge in [0.25, 0.3) is 0 Å². The minimum atomic E-state index is -4.46. The molecular formula is C15H12F3N3OS2. The molecule has 0 atom stereocenters. The third-order valence-electron chi connectivity index (χ3n) is 2.66. The number of nitrogens with zero attached hydrogens (tertiary/aromatic N) is 2. The number of aromatic hydroxyl groups is 1. The highest BCUT2D eigenvalue weighted by molar-refractivity contribution is 7.80. The molecule has 2 heterocycles. The molecule has 0 unspecified atom stereocenters. The molecule has 0 bridgehead atoms. The average Bonchev–Trinajstić information content (AvgIpc) is 2.94. The van der Waals surface area contributed by atoms with Crippen molar-refractivity contribution in [3.8, 4) is 17.1 Å². The second kappa shape index (κ2) is 7.54. The van der Waals surface area contributed by atoms with Crippen LogP contribution in [-0.4, -0.2) is 15.1 Å². The summed E-state index contributed by atoms with van der Waals surface area (Å²) in [6.45, 7) is 0. The Morgan fingerprint density at radius 2 is 1.75 bits per heavy atom. The molecule has 24 heavy (non-hydrogen) atoms. The van der Waals surface area contributed by atoms with E-state index in [1.54, 1.807) is 36.4 Å². The van der Waals surface area contributed by atoms with Gasteiger partial charge >= 0.3 is 6.18 Å². The molecule has 3 aromatic rings. The maximum absolute atomic E-state index is 12.6. The lowest BCUT2D eigenvalue weighted by atomic mass is 10.2. The number of aromatic nitrogens is 2. The van der Waals surface area contributed by atoms with Gasteiger partial charge in [0.1, 0.15) is 16.3 Å². The number of pyridine rings is 1. The Hall–Kier alpha value is -2.26. The molecule has 0 saturated carbocycles. The monoisotopic (exact) mass is 371 g/mol. The van der Waals surface area contributed by atoms with E-state index in [0.717, 1.165) is 4.90 Å². The van der Waals surface area contributed by atoms with Gasteiger partial charge in [0, 0.05) is 11.1 Å². The Morgan fingerprint density at radius 1 is 1.08 bits per heavy atom. The Morgan fingerprint density at radius 3 is 2.25 bits per heavy atom. The second-order valence-electron chi connectivity index (χ2n) is 4.46. The van der Waals surface area contributed by atoms with Crippen molar-refractivity contribution in [2.24, 2.45) is 0 Å². The van der Waals surface area contributed by atoms with E-state index in [1.807, 2.05) is 0 Å². The molecule has 0 spiro atoms. The molecule has 0 fully saturated rings. The summed E-state index contributed by atoms with van der Waals surface area (Å²) in [5, 5.41) is 8.61. The number of phenols is 1. The van der Waals surface area contributed by atoms with E-state index >= 15 is 0 Å². The van der Waals surface area contributed by atoms with Crippen LogP contribution in [0, 0.1) is 0 Å². The number of halogens is 3. The number of hydrogen-bond donors (Lipinski definition) is 3. The summed E-state index contributed by atoms with van der Waals surface area (Å²) in [6.07, 6.45) is -3.05. The van der Waals surface area contributed by atoms with Gasteiger partial charge in [-0.05, 0) is 36.4 Å². The highest BCUT2D eigenvalue weighted by Crippen LogP contribution is 2.40. The van der Waals surface area contributed by atoms with Gasteiger partial charge in [-0.3, -0.25) is 4.98 Å². The molecule has 0 aliphatic heterocycles. The first kappa shape index (κ1) is 18.1. The smallest absolute Gasteiger partial charge is 0.427 e. The molecule has 4 nitrogen and oxygen atoms in total. The van der Waals surface area contributed by atoms with Crippen LogP contribution < -0.4 is 5.73 Å². The number of nitrogens with two attached hydrogens (primary N) is 1. The van der Waals surface area contributed by atoms with Gasteiger partial charge < -0.3 is 10.8 Å². The number of thiazole rings is 1. The van der Waals surface area contributed by atoms with Crippen LogP contribution in [0.15, 0.2) is 53.6 Å². The van der Waals surface area contributed by atoms with E-state index in [0.29, 0.717) is 11.3 Å². The van der Waals surface area contributed by atoms with Crippen molar-refractivity contribution in [3.63, 3.8) is 0 Å². The quantitative estimate of drug-likeness (QED) is 0.551. The molecular weight excluding hydrogens is 359 g/mol. The average molecular weight is 371 g/mol. The van der Waals surface area contributed by atoms with Gasteiger partial charge in [0.15, 0.2) is 5.13 Å². The lowest BCUT2D eigenvalue weighted by molar-refractivity contribution is -0.134. The van der Waals surface area contributed by atoms with Crippen LogP contribution in [0.1, 0.15) is 4.88 Å². The number of phenolic OH excluding ortho intramolecular Hbond substituents is 1. The first-order valence-corrected chi connectivity index (χ1v) is 7.76. The molecule has 2 aromatic heterocycles. The molecule has 0 amide bonds. The summed E-state index contributed by atoms with van der Waals surface area (Å²) in [5.41, 5.74) is 5.25. The van der Waals surface area contributed by atoms with Gasteiger partial charge in [-0.15, -0.1) is 12.6 Å². The van der Waals surface area contributed by atoms with Gasteiger partial charge in [0.2, 0.25) is 0 Å². The van der Waals surface area contributed by atoms with Crippen LogP contribution in [0.25, 0.3) is 11.4 Å². The SMILES string of the molecule is Nc1nc(-c2ccccn2)c(C(F)(F)F)s1.Oc1ccc(S)cc1. The molecule has 0 saturated heterocycles. The van der Waals surface area contributed by atoms with E-state index in [2.05, 4.69) is 22.6 Å². The van der Waals surface area contributed by atoms with Crippen LogP contribution in [0.3, 0.4) is 0 Å². The van der Waals surface area contributed by atoms with Crippen molar-refractivity contribution < 1.29 is 18.3 Å². The van der Waals surface area contributed by atoms with Crippen LogP contribution in [0.2, 0.25) is 0 Å². The van der Waals surface area contributed by atoms with E-state index in [4.69, 9.17) is 10.8 Å². The number of alkyl halides is 3. The van der Waals surface area contributed by atoms with Crippen molar-refractivity contribution in [2.75, 3.05) is 5.73 Å². The lowest BCUT2D eigenvalue weighted by Crippen LogP contribution is -2.04. The predicted octanol–water partition coefficient (Wildman–Crippen LogP) is 4.49. The third kappa shape index (κ3) is 4.87. The van der Waals surface area contributed by atoms with E-state index < -0.39 is 11.1 Å². The normalized spacial score (nSPS) is 10.8. The summed E-state index contributed by atoms with van der Waals surface area (Å²) in [5.74, 6) is 0.280. The number of thiol groups is 1. The van der Waals surface area contributed by atoms with E-state index in [1.165, 1.54) is 12.3 Å². The number of benzene rings is 1. The molecule has 126 valence electrons. The fraction of sp³-hybridized carbons (Fsp3) is 0.0667. The van der Waals surface area contributed by atoms with Crippen LogP contribution in [-0.2, 0) is 6.18 Å². The number of nitrogen functional groups attached to an aromatic ring is 1. The van der Waals surface area contributed by atoms with Crippen LogP contribution in [0.4, 0.5) is 18.3 Å². The second-order valence-corrected chi connectivity index (χ2v) is 6.01. The summed E-state index contributed by atoms with van der Waals surface area (Å²) in [7, 11) is 0. The van der Waals surface area contributed by atoms with Crippen molar-refractivity contribution in [2.45, 2.75) is 11.1 Å². The highest BCUT2D eigenvalue weighted by Gasteiger charge is 2.37. The van der Waals surface area contributed by atoms with Crippen molar-refractivity contribution >= 4 is 29.1 Å². The van der Waals surface area contributed by atoms with Crippen molar-refractivity contribution in [1.29, 1.82) is 0 Å². The molecule has 3 N–H and O–H groups in total. The largest absolute Gasteiger partial charge is 0.508 e. The van der Waals surface area contributed by atoms with Crippen molar-refractivity contribution in [1.82, 2.24) is 9.97 Å². The Kier molecular flexibility index (Phi) is 5.68. The zero-order valence-electron chi connectivity index (χ0n) is 12.0. The van der Waals surface area contributed by atoms with E-state index in [9.17, 15) is 13.2 Å². The van der Waals surface area contributed by atoms with Gasteiger partial charge in [-0.2, -0.15) is 13.2 Å². The fourth-order valence-electron chi connectivity index (χ4n) is 1.66. The molecule has 9 heteroatoms. The third-order valence-corrected chi connectivity index (χ3v) is 3.89. The lowest BCUT2D eigenvalue weighted by Gasteiger charge is -2.04. The number of rotatable bonds is 1. The summed E-state index contributed by atoms with van der Waals surface area (Å²) in [6, 6.07) is 11.3. The molecule has 0 radical (unpaired) electrons. The number of anilines is 1. The Balaban J connectivity index is 0.000000219. The maximum Gasteiger partial charge on any atom is 0.427 e. The zero-order valence-corrected chi connectivity index (χ0v) is 13.7. The highest BCUT2D eigenvalue weighted by atomic mass is 32.1. The molecule has 1 aromatic carbocycles. The first-order chi connectivity index (χ1) is 11.3. The standard InChI is InChI=1S/C9H6F3N3S.C6H6OS/c10-9(11,12)7-6(15-8(13)16-7)5-3-1-2-4-14-5;7-5-1-3-6(8)4-2-5/h1-4H,(H2,13,15);1-4,7-8H. The maximum atomic E-state index is 12.6. The minimum Gasteiger partial charge on any atom is -0.508 e. The predicted molar refractivity (Wildman–Crippen MR) is 90.1 cm³/mol. The Bertz CT molecular complexity index is 769. The number of hydrogen-bond acceptors (Lipinski definition) is 6. The summed E-state index contributed by atoms with van der Waals surface area (Å²) in [4.78, 5) is 7.53. The molecule has 0 aliphatic rings. The fourth-order valence-corrected chi connectivity index (χ4v) is 2.52. The summed E-state index contributed by atoms with van der Waals surface area (Å²) < 4.78 is 37.9. The van der Waals surface area contributed by atoms with Crippen LogP contribution in [0.5, 0.6) is 5.75 Å². The molecule has 3 rings (SSSR count). The topological polar surface area (TPSA) is 72.0 Å². The molecule has 0 aliphatic carbocycles. The zero-order chi connectivity index (χ0) is 17.7. The Labute approximate surface area is 145 Å². The van der Waals surface area contributed by atoms with Crippen molar-refractivity contribution in [3.05, 3.63) is 53.5 Å². The van der Waals surface area contributed by atoms with Gasteiger partial charge in [-0.1, -0.05) is 17.4 Å².